The van der Waals surface area contributed by atoms with Crippen LogP contribution in [0.15, 0.2) is 47.4 Å². The molecule has 0 aliphatic rings. The van der Waals surface area contributed by atoms with Gasteiger partial charge in [-0.25, -0.2) is 8.42 Å². The lowest BCUT2D eigenvalue weighted by Crippen LogP contribution is -2.27. The predicted molar refractivity (Wildman–Crippen MR) is 107 cm³/mol. The summed E-state index contributed by atoms with van der Waals surface area (Å²) in [4.78, 5) is 12.2. The van der Waals surface area contributed by atoms with E-state index >= 15 is 0 Å². The Morgan fingerprint density at radius 1 is 1.11 bits per heavy atom. The Hall–Kier alpha value is -2.54. The van der Waals surface area contributed by atoms with Crippen molar-refractivity contribution in [2.45, 2.75) is 32.1 Å². The van der Waals surface area contributed by atoms with E-state index in [2.05, 4.69) is 10.0 Å². The summed E-state index contributed by atoms with van der Waals surface area (Å²) in [6.07, 6.45) is 0.869. The lowest BCUT2D eigenvalue weighted by molar-refractivity contribution is 0.0948. The molecule has 2 aromatic carbocycles. The third kappa shape index (κ3) is 5.47. The van der Waals surface area contributed by atoms with Crippen molar-refractivity contribution in [1.82, 2.24) is 5.32 Å². The zero-order valence-corrected chi connectivity index (χ0v) is 16.9. The van der Waals surface area contributed by atoms with Crippen LogP contribution in [0.2, 0.25) is 0 Å². The normalized spacial score (nSPS) is 11.3. The van der Waals surface area contributed by atoms with Gasteiger partial charge in [-0.3, -0.25) is 9.52 Å². The summed E-state index contributed by atoms with van der Waals surface area (Å²) in [5, 5.41) is 2.78. The van der Waals surface area contributed by atoms with Gasteiger partial charge in [-0.05, 0) is 48.2 Å². The van der Waals surface area contributed by atoms with Crippen molar-refractivity contribution in [2.24, 2.45) is 5.92 Å². The van der Waals surface area contributed by atoms with E-state index in [9.17, 15) is 13.2 Å². The van der Waals surface area contributed by atoms with E-state index in [0.29, 0.717) is 18.2 Å². The first kappa shape index (κ1) is 20.8. The van der Waals surface area contributed by atoms with Gasteiger partial charge in [0, 0.05) is 17.8 Å². The Morgan fingerprint density at radius 3 is 2.33 bits per heavy atom. The number of ether oxygens (including phenoxy) is 1. The van der Waals surface area contributed by atoms with Gasteiger partial charge in [-0.1, -0.05) is 32.9 Å². The molecule has 0 aromatic heterocycles. The van der Waals surface area contributed by atoms with Gasteiger partial charge < -0.3 is 10.1 Å². The van der Waals surface area contributed by atoms with Gasteiger partial charge in [-0.2, -0.15) is 0 Å². The number of hydrogen-bond acceptors (Lipinski definition) is 4. The van der Waals surface area contributed by atoms with E-state index in [4.69, 9.17) is 4.74 Å². The second kappa shape index (κ2) is 8.90. The van der Waals surface area contributed by atoms with Gasteiger partial charge in [0.15, 0.2) is 0 Å². The molecule has 146 valence electrons. The lowest BCUT2D eigenvalue weighted by Gasteiger charge is -2.14. The van der Waals surface area contributed by atoms with Crippen LogP contribution in [0.3, 0.4) is 0 Å². The van der Waals surface area contributed by atoms with Gasteiger partial charge in [-0.15, -0.1) is 0 Å². The largest absolute Gasteiger partial charge is 0.495 e. The Balaban J connectivity index is 2.32. The highest BCUT2D eigenvalue weighted by Gasteiger charge is 2.22. The fraction of sp³-hybridized carbons (Fsp3) is 0.350. The molecule has 0 heterocycles. The average molecular weight is 391 g/mol. The minimum absolute atomic E-state index is 0.0817. The summed E-state index contributed by atoms with van der Waals surface area (Å²) < 4.78 is 33.4. The zero-order valence-electron chi connectivity index (χ0n) is 16.1. The first-order chi connectivity index (χ1) is 12.8. The minimum atomic E-state index is -3.92. The molecule has 6 nitrogen and oxygen atoms in total. The van der Waals surface area contributed by atoms with Crippen LogP contribution in [-0.2, 0) is 16.4 Å². The van der Waals surface area contributed by atoms with Crippen LogP contribution in [0.25, 0.3) is 0 Å². The smallest absolute Gasteiger partial charge is 0.265 e. The van der Waals surface area contributed by atoms with Crippen LogP contribution < -0.4 is 14.8 Å². The Labute approximate surface area is 161 Å². The number of amides is 1. The second-order valence-corrected chi connectivity index (χ2v) is 8.28. The van der Waals surface area contributed by atoms with Crippen molar-refractivity contribution in [3.63, 3.8) is 0 Å². The molecule has 0 aliphatic heterocycles. The van der Waals surface area contributed by atoms with Crippen molar-refractivity contribution < 1.29 is 17.9 Å². The fourth-order valence-corrected chi connectivity index (χ4v) is 3.70. The Bertz CT molecular complexity index is 891. The van der Waals surface area contributed by atoms with Crippen molar-refractivity contribution >= 4 is 21.6 Å². The van der Waals surface area contributed by atoms with E-state index in [1.165, 1.54) is 19.2 Å². The van der Waals surface area contributed by atoms with Gasteiger partial charge in [0.05, 0.1) is 7.11 Å². The molecule has 0 aliphatic carbocycles. The molecule has 2 rings (SSSR count). The van der Waals surface area contributed by atoms with Crippen molar-refractivity contribution in [1.29, 1.82) is 0 Å². The van der Waals surface area contributed by atoms with Crippen LogP contribution in [0.4, 0.5) is 5.69 Å². The molecule has 2 N–H and O–H groups in total. The average Bonchev–Trinajstić information content (AvgIpc) is 2.65. The summed E-state index contributed by atoms with van der Waals surface area (Å²) in [5.41, 5.74) is 1.82. The topological polar surface area (TPSA) is 84.5 Å². The van der Waals surface area contributed by atoms with Gasteiger partial charge in [0.2, 0.25) is 0 Å². The Kier molecular flexibility index (Phi) is 6.85. The summed E-state index contributed by atoms with van der Waals surface area (Å²) in [7, 11) is -2.53. The third-order valence-electron chi connectivity index (χ3n) is 4.00. The number of rotatable bonds is 8. The highest BCUT2D eigenvalue weighted by atomic mass is 32.2. The molecule has 0 fully saturated rings. The zero-order chi connectivity index (χ0) is 20.0. The minimum Gasteiger partial charge on any atom is -0.495 e. The molecule has 0 spiro atoms. The molecule has 1 amide bonds. The highest BCUT2D eigenvalue weighted by Crippen LogP contribution is 2.27. The monoisotopic (exact) mass is 390 g/mol. The molecule has 0 radical (unpaired) electrons. The maximum Gasteiger partial charge on any atom is 0.265 e. The third-order valence-corrected chi connectivity index (χ3v) is 5.40. The number of aryl methyl sites for hydroxylation is 1. The van der Waals surface area contributed by atoms with Crippen LogP contribution in [0.1, 0.15) is 36.7 Å². The van der Waals surface area contributed by atoms with E-state index in [1.807, 2.05) is 32.9 Å². The van der Waals surface area contributed by atoms with Crippen molar-refractivity contribution in [2.75, 3.05) is 18.4 Å². The van der Waals surface area contributed by atoms with Gasteiger partial charge in [0.1, 0.15) is 10.6 Å². The van der Waals surface area contributed by atoms with E-state index < -0.39 is 10.0 Å². The molecule has 0 saturated carbocycles. The molecule has 7 heteroatoms. The first-order valence-electron chi connectivity index (χ1n) is 8.84. The summed E-state index contributed by atoms with van der Waals surface area (Å²) in [5.74, 6) is 0.145. The van der Waals surface area contributed by atoms with Crippen LogP contribution in [-0.4, -0.2) is 28.0 Å². The van der Waals surface area contributed by atoms with E-state index in [0.717, 1.165) is 12.0 Å². The van der Waals surface area contributed by atoms with E-state index in [-0.39, 0.29) is 22.1 Å². The van der Waals surface area contributed by atoms with Crippen molar-refractivity contribution in [3.8, 4) is 5.75 Å². The predicted octanol–water partition coefficient (Wildman–Crippen LogP) is 3.44. The molecule has 2 aromatic rings. The Morgan fingerprint density at radius 2 is 1.78 bits per heavy atom. The lowest BCUT2D eigenvalue weighted by atomic mass is 10.2. The number of nitrogens with one attached hydrogen (secondary N) is 2. The SMILES string of the molecule is CCc1ccc(NS(=O)(=O)c2cc(C(=O)NCC(C)C)ccc2OC)cc1. The number of carbonyl (C=O) groups excluding carboxylic acids is 1. The molecular formula is C20H26N2O4S. The van der Waals surface area contributed by atoms with Crippen LogP contribution in [0.5, 0.6) is 5.75 Å². The molecule has 0 atom stereocenters. The number of sulfonamides is 1. The molecule has 0 bridgehead atoms. The summed E-state index contributed by atoms with van der Waals surface area (Å²) in [6, 6.07) is 11.5. The second-order valence-electron chi connectivity index (χ2n) is 6.63. The van der Waals surface area contributed by atoms with Crippen LogP contribution >= 0.6 is 0 Å². The number of hydrogen-bond donors (Lipinski definition) is 2. The van der Waals surface area contributed by atoms with Gasteiger partial charge in [0.25, 0.3) is 15.9 Å². The number of benzene rings is 2. The molecule has 27 heavy (non-hydrogen) atoms. The highest BCUT2D eigenvalue weighted by molar-refractivity contribution is 7.92. The quantitative estimate of drug-likeness (QED) is 0.723. The summed E-state index contributed by atoms with van der Waals surface area (Å²) >= 11 is 0. The number of carbonyl (C=O) groups is 1. The fourth-order valence-electron chi connectivity index (χ4n) is 2.45. The maximum atomic E-state index is 12.9. The van der Waals surface area contributed by atoms with Gasteiger partial charge >= 0.3 is 0 Å². The standard InChI is InChI=1S/C20H26N2O4S/c1-5-15-6-9-17(10-7-15)22-27(24,25)19-12-16(8-11-18(19)26-4)20(23)21-13-14(2)3/h6-12,14,22H,5,13H2,1-4H3,(H,21,23). The van der Waals surface area contributed by atoms with E-state index in [1.54, 1.807) is 18.2 Å². The molecular weight excluding hydrogens is 364 g/mol. The number of methoxy groups -OCH3 is 1. The summed E-state index contributed by atoms with van der Waals surface area (Å²) in [6.45, 7) is 6.50. The first-order valence-corrected chi connectivity index (χ1v) is 10.3. The molecule has 0 saturated heterocycles. The number of anilines is 1. The molecule has 0 unspecified atom stereocenters. The van der Waals surface area contributed by atoms with Crippen molar-refractivity contribution in [3.05, 3.63) is 53.6 Å². The maximum absolute atomic E-state index is 12.9. The van der Waals surface area contributed by atoms with Crippen LogP contribution in [0, 0.1) is 5.92 Å².